The van der Waals surface area contributed by atoms with Crippen LogP contribution in [-0.2, 0) is 12.5 Å². The zero-order chi connectivity index (χ0) is 4.00. The maximum absolute atomic E-state index is 8.06. The number of hydrogen-bond donors (Lipinski definition) is 1. The highest BCUT2D eigenvalue weighted by molar-refractivity contribution is 7.44. The molecule has 0 aliphatic heterocycles. The van der Waals surface area contributed by atoms with Crippen molar-refractivity contribution >= 4 is 12.5 Å². The summed E-state index contributed by atoms with van der Waals surface area (Å²) in [5.41, 5.74) is 0. The van der Waals surface area contributed by atoms with E-state index < -0.39 is 0 Å². The van der Waals surface area contributed by atoms with Gasteiger partial charge in [0.15, 0.2) is 0 Å². The van der Waals surface area contributed by atoms with Crippen LogP contribution in [0.25, 0.3) is 0 Å². The number of aliphatic hydroxyl groups excluding tert-OH is 1. The molecule has 0 spiro atoms. The van der Waals surface area contributed by atoms with Crippen LogP contribution < -0.4 is 0 Å². The summed E-state index contributed by atoms with van der Waals surface area (Å²) in [4.78, 5) is 0. The highest BCUT2D eigenvalue weighted by Crippen LogP contribution is 0.755. The first-order chi connectivity index (χ1) is 2.00. The van der Waals surface area contributed by atoms with Crippen molar-refractivity contribution in [3.05, 3.63) is 0 Å². The van der Waals surface area contributed by atoms with Crippen molar-refractivity contribution in [2.45, 2.75) is 0 Å². The van der Waals surface area contributed by atoms with Gasteiger partial charge in [-0.05, 0) is 12.5 Å². The van der Waals surface area contributed by atoms with E-state index in [9.17, 15) is 0 Å². The summed E-state index contributed by atoms with van der Waals surface area (Å²) in [6.07, 6.45) is 0. The molecule has 0 aliphatic carbocycles. The molecule has 0 rings (SSSR count). The molecule has 0 heterocycles. The predicted molar refractivity (Wildman–Crippen MR) is 19.1 cm³/mol. The number of aliphatic hydroxyl groups is 1. The van der Waals surface area contributed by atoms with E-state index in [1.807, 2.05) is 0 Å². The van der Waals surface area contributed by atoms with E-state index in [1.165, 1.54) is 0 Å². The van der Waals surface area contributed by atoms with E-state index in [0.717, 1.165) is 7.11 Å². The minimum Gasteiger partial charge on any atom is -0.400 e. The summed E-state index contributed by atoms with van der Waals surface area (Å²) in [5.74, 6) is 0. The van der Waals surface area contributed by atoms with Gasteiger partial charge in [0.05, 0.1) is 0 Å². The van der Waals surface area contributed by atoms with Crippen molar-refractivity contribution in [1.29, 1.82) is 0 Å². The Bertz CT molecular complexity index is 6.00. The monoisotopic (exact) mass is 82.0 g/mol. The van der Waals surface area contributed by atoms with Gasteiger partial charge in [0.1, 0.15) is 0 Å². The summed E-state index contributed by atoms with van der Waals surface area (Å²) in [6.45, 7) is 0. The molecule has 0 amide bonds. The van der Waals surface area contributed by atoms with Gasteiger partial charge in [0.2, 0.25) is 0 Å². The normalized spacial score (nSPS) is 2.75. The first kappa shape index (κ1) is 8.93. The average molecular weight is 82.1 g/mol. The standard InChI is InChI=1S/CH4O.H2OS/c2*1-2/h2H,1H3;2H2. The summed E-state index contributed by atoms with van der Waals surface area (Å²) in [5, 5.41) is 7.00. The first-order valence-corrected chi connectivity index (χ1v) is 1.06. The van der Waals surface area contributed by atoms with Gasteiger partial charge in [-0.15, -0.1) is 0 Å². The smallest absolute Gasteiger partial charge is 0.0319 e. The summed E-state index contributed by atoms with van der Waals surface area (Å²) in [6, 6.07) is 0. The van der Waals surface area contributed by atoms with Crippen LogP contribution >= 0.6 is 0 Å². The van der Waals surface area contributed by atoms with Crippen LogP contribution in [0.4, 0.5) is 0 Å². The summed E-state index contributed by atoms with van der Waals surface area (Å²) >= 11 is 1.72. The third-order valence-electron chi connectivity index (χ3n) is 0. The van der Waals surface area contributed by atoms with E-state index in [2.05, 4.69) is 0 Å². The van der Waals surface area contributed by atoms with Crippen molar-refractivity contribution in [2.75, 3.05) is 7.11 Å². The second-order valence-electron chi connectivity index (χ2n) is 0. The van der Waals surface area contributed by atoms with E-state index in [4.69, 9.17) is 9.32 Å². The molecule has 0 aliphatic rings. The van der Waals surface area contributed by atoms with E-state index in [0.29, 0.717) is 0 Å². The Morgan fingerprint density at radius 3 is 1.50 bits per heavy atom. The lowest BCUT2D eigenvalue weighted by Crippen LogP contribution is -1.25. The Labute approximate surface area is 30.0 Å². The minimum atomic E-state index is 1.00. The minimum absolute atomic E-state index is 1.00. The molecule has 28 valence electrons. The SMILES string of the molecule is CO.O=[SH2]. The number of rotatable bonds is 0. The molecule has 0 aromatic rings. The van der Waals surface area contributed by atoms with Crippen LogP contribution in [0.2, 0.25) is 0 Å². The molecule has 0 radical (unpaired) electrons. The second-order valence-corrected chi connectivity index (χ2v) is 0. The van der Waals surface area contributed by atoms with Crippen molar-refractivity contribution in [2.24, 2.45) is 0 Å². The quantitative estimate of drug-likeness (QED) is 0.396. The fourth-order valence-electron chi connectivity index (χ4n) is 0. The average Bonchev–Trinajstić information content (AvgIpc) is 1.50. The van der Waals surface area contributed by atoms with Crippen LogP contribution in [0.5, 0.6) is 0 Å². The lowest BCUT2D eigenvalue weighted by Gasteiger charge is -1.21. The lowest BCUT2D eigenvalue weighted by atomic mass is 11.8. The molecule has 0 saturated carbocycles. The van der Waals surface area contributed by atoms with Crippen molar-refractivity contribution in [3.63, 3.8) is 0 Å². The Morgan fingerprint density at radius 2 is 1.50 bits per heavy atom. The molecule has 0 unspecified atom stereocenters. The molecule has 2 nitrogen and oxygen atoms in total. The highest BCUT2D eigenvalue weighted by atomic mass is 32.1. The number of hydrogen-bond acceptors (Lipinski definition) is 2. The van der Waals surface area contributed by atoms with Crippen molar-refractivity contribution < 1.29 is 9.32 Å². The van der Waals surface area contributed by atoms with Gasteiger partial charge >= 0.3 is 0 Å². The zero-order valence-electron chi connectivity index (χ0n) is 2.36. The first-order valence-electron chi connectivity index (χ1n) is 0.651. The van der Waals surface area contributed by atoms with Gasteiger partial charge < -0.3 is 5.11 Å². The van der Waals surface area contributed by atoms with E-state index in [1.54, 1.807) is 12.5 Å². The fraction of sp³-hybridized carbons (Fsp3) is 1.00. The van der Waals surface area contributed by atoms with Gasteiger partial charge in [0.25, 0.3) is 0 Å². The molecule has 0 aromatic heterocycles. The van der Waals surface area contributed by atoms with Crippen molar-refractivity contribution in [1.82, 2.24) is 0 Å². The molecular weight excluding hydrogens is 76.1 g/mol. The summed E-state index contributed by atoms with van der Waals surface area (Å²) in [7, 11) is 1.00. The molecule has 0 bridgehead atoms. The van der Waals surface area contributed by atoms with Gasteiger partial charge in [-0.25, -0.2) is 0 Å². The molecule has 0 atom stereocenters. The van der Waals surface area contributed by atoms with Gasteiger partial charge in [-0.3, -0.25) is 4.21 Å². The van der Waals surface area contributed by atoms with Gasteiger partial charge in [0, 0.05) is 7.11 Å². The molecule has 0 aromatic carbocycles. The maximum atomic E-state index is 8.06. The van der Waals surface area contributed by atoms with Gasteiger partial charge in [-0.1, -0.05) is 0 Å². The van der Waals surface area contributed by atoms with E-state index >= 15 is 0 Å². The molecule has 3 heteroatoms. The highest BCUT2D eigenvalue weighted by Gasteiger charge is 0.839. The van der Waals surface area contributed by atoms with Gasteiger partial charge in [-0.2, -0.15) is 0 Å². The van der Waals surface area contributed by atoms with Crippen LogP contribution in [0, 0.1) is 0 Å². The molecule has 4 heavy (non-hydrogen) atoms. The summed E-state index contributed by atoms with van der Waals surface area (Å²) < 4.78 is 8.06. The van der Waals surface area contributed by atoms with Crippen LogP contribution in [0.1, 0.15) is 0 Å². The Balaban J connectivity index is 0. The van der Waals surface area contributed by atoms with Crippen LogP contribution in [-0.4, -0.2) is 16.4 Å². The Morgan fingerprint density at radius 1 is 1.50 bits per heavy atom. The van der Waals surface area contributed by atoms with Crippen LogP contribution in [0.3, 0.4) is 0 Å². The van der Waals surface area contributed by atoms with Crippen molar-refractivity contribution in [3.8, 4) is 0 Å². The van der Waals surface area contributed by atoms with E-state index in [-0.39, 0.29) is 0 Å². The Kier molecular flexibility index (Phi) is 2550. The molecule has 0 fully saturated rings. The lowest BCUT2D eigenvalue weighted by molar-refractivity contribution is 0.399. The Hall–Kier alpha value is 0.110. The predicted octanol–water partition coefficient (Wildman–Crippen LogP) is -1.26. The molecule has 1 N–H and O–H groups in total. The largest absolute Gasteiger partial charge is 0.400 e. The third-order valence-corrected chi connectivity index (χ3v) is 0. The molecular formula is CH6O2S. The molecule has 0 saturated heterocycles. The topological polar surface area (TPSA) is 37.3 Å². The maximum Gasteiger partial charge on any atom is 0.0319 e. The second kappa shape index (κ2) is 1140. The zero-order valence-corrected chi connectivity index (χ0v) is 3.36. The van der Waals surface area contributed by atoms with Crippen LogP contribution in [0.15, 0.2) is 0 Å². The third kappa shape index (κ3) is 215. The fourth-order valence-corrected chi connectivity index (χ4v) is 0.